The summed E-state index contributed by atoms with van der Waals surface area (Å²) in [7, 11) is 3.97. The van der Waals surface area contributed by atoms with Gasteiger partial charge in [0.2, 0.25) is 0 Å². The van der Waals surface area contributed by atoms with E-state index in [4.69, 9.17) is 4.74 Å². The van der Waals surface area contributed by atoms with E-state index in [0.29, 0.717) is 12.1 Å². The maximum Gasteiger partial charge on any atom is 0.122 e. The molecule has 2 rings (SSSR count). The largest absolute Gasteiger partial charge is 0.496 e. The van der Waals surface area contributed by atoms with Gasteiger partial charge in [-0.05, 0) is 32.0 Å². The van der Waals surface area contributed by atoms with Crippen LogP contribution in [0.3, 0.4) is 0 Å². The third-order valence-corrected chi connectivity index (χ3v) is 5.10. The number of nitrogens with zero attached hydrogens (tertiary/aromatic N) is 1. The number of nitrogens with one attached hydrogen (secondary N) is 1. The molecule has 2 unspecified atom stereocenters. The molecule has 4 heteroatoms. The van der Waals surface area contributed by atoms with Gasteiger partial charge < -0.3 is 15.0 Å². The summed E-state index contributed by atoms with van der Waals surface area (Å²) in [6.45, 7) is 4.55. The van der Waals surface area contributed by atoms with Crippen LogP contribution in [0.1, 0.15) is 12.5 Å². The molecule has 1 aromatic carbocycles. The maximum atomic E-state index is 5.44. The highest BCUT2D eigenvalue weighted by atomic mass is 32.2. The van der Waals surface area contributed by atoms with Crippen LogP contribution < -0.4 is 10.1 Å². The van der Waals surface area contributed by atoms with Crippen LogP contribution in [-0.2, 0) is 6.42 Å². The minimum absolute atomic E-state index is 0.514. The first-order valence-corrected chi connectivity index (χ1v) is 8.49. The van der Waals surface area contributed by atoms with Gasteiger partial charge in [-0.3, -0.25) is 0 Å². The van der Waals surface area contributed by atoms with Gasteiger partial charge in [0.15, 0.2) is 0 Å². The van der Waals surface area contributed by atoms with Crippen molar-refractivity contribution in [3.8, 4) is 5.75 Å². The highest BCUT2D eigenvalue weighted by Gasteiger charge is 2.18. The molecule has 1 saturated heterocycles. The van der Waals surface area contributed by atoms with Crippen LogP contribution in [0.25, 0.3) is 0 Å². The number of thioether (sulfide) groups is 1. The van der Waals surface area contributed by atoms with Gasteiger partial charge in [-0.25, -0.2) is 0 Å². The molecule has 1 fully saturated rings. The summed E-state index contributed by atoms with van der Waals surface area (Å²) in [5, 5.41) is 3.60. The number of methoxy groups -OCH3 is 1. The molecule has 1 aromatic rings. The molecule has 0 aliphatic carbocycles. The van der Waals surface area contributed by atoms with Crippen LogP contribution in [-0.4, -0.2) is 55.7 Å². The van der Waals surface area contributed by atoms with Crippen molar-refractivity contribution in [2.75, 3.05) is 38.8 Å². The Hall–Kier alpha value is -0.710. The quantitative estimate of drug-likeness (QED) is 0.870. The van der Waals surface area contributed by atoms with Crippen molar-refractivity contribution in [2.24, 2.45) is 0 Å². The maximum absolute atomic E-state index is 5.44. The van der Waals surface area contributed by atoms with Crippen molar-refractivity contribution in [1.82, 2.24) is 10.2 Å². The summed E-state index contributed by atoms with van der Waals surface area (Å²) in [5.74, 6) is 3.47. The summed E-state index contributed by atoms with van der Waals surface area (Å²) >= 11 is 2.06. The molecule has 0 aromatic heterocycles. The molecule has 1 aliphatic heterocycles. The fourth-order valence-corrected chi connectivity index (χ4v) is 3.55. The van der Waals surface area contributed by atoms with Crippen LogP contribution in [0.5, 0.6) is 5.75 Å². The Kier molecular flexibility index (Phi) is 6.20. The van der Waals surface area contributed by atoms with Crippen LogP contribution in [0.2, 0.25) is 0 Å². The normalized spacial score (nSPS) is 20.9. The van der Waals surface area contributed by atoms with E-state index in [9.17, 15) is 0 Å². The van der Waals surface area contributed by atoms with Crippen molar-refractivity contribution in [3.63, 3.8) is 0 Å². The van der Waals surface area contributed by atoms with E-state index >= 15 is 0 Å². The lowest BCUT2D eigenvalue weighted by Gasteiger charge is -2.31. The molecule has 3 nitrogen and oxygen atoms in total. The van der Waals surface area contributed by atoms with Gasteiger partial charge in [0.1, 0.15) is 5.75 Å². The van der Waals surface area contributed by atoms with E-state index in [0.717, 1.165) is 25.3 Å². The van der Waals surface area contributed by atoms with Gasteiger partial charge in [0.05, 0.1) is 7.11 Å². The van der Waals surface area contributed by atoms with Crippen LogP contribution in [0.4, 0.5) is 0 Å². The standard InChI is InChI=1S/C16H26N2OS/c1-13(10-14-6-4-5-7-16(14)19-3)18(2)11-15-12-20-9-8-17-15/h4-7,13,15,17H,8-12H2,1-3H3. The van der Waals surface area contributed by atoms with Crippen LogP contribution >= 0.6 is 11.8 Å². The average Bonchev–Trinajstić information content (AvgIpc) is 2.48. The molecule has 1 heterocycles. The molecular weight excluding hydrogens is 268 g/mol. The van der Waals surface area contributed by atoms with Crippen molar-refractivity contribution in [2.45, 2.75) is 25.4 Å². The second-order valence-electron chi connectivity index (χ2n) is 5.53. The highest BCUT2D eigenvalue weighted by Crippen LogP contribution is 2.20. The van der Waals surface area contributed by atoms with E-state index in [-0.39, 0.29) is 0 Å². The Morgan fingerprint density at radius 1 is 1.45 bits per heavy atom. The lowest BCUT2D eigenvalue weighted by atomic mass is 10.0. The predicted octanol–water partition coefficient (Wildman–Crippen LogP) is 2.26. The van der Waals surface area contributed by atoms with E-state index in [2.05, 4.69) is 48.1 Å². The van der Waals surface area contributed by atoms with Crippen LogP contribution in [0, 0.1) is 0 Å². The van der Waals surface area contributed by atoms with E-state index in [1.807, 2.05) is 12.1 Å². The number of hydrogen-bond donors (Lipinski definition) is 1. The summed E-state index contributed by atoms with van der Waals surface area (Å²) in [6, 6.07) is 9.46. The first-order chi connectivity index (χ1) is 9.70. The molecule has 0 spiro atoms. The fourth-order valence-electron chi connectivity index (χ4n) is 2.61. The third-order valence-electron chi connectivity index (χ3n) is 3.97. The second kappa shape index (κ2) is 7.91. The highest BCUT2D eigenvalue weighted by molar-refractivity contribution is 7.99. The number of para-hydroxylation sites is 1. The SMILES string of the molecule is COc1ccccc1CC(C)N(C)CC1CSCCN1. The Labute approximate surface area is 127 Å². The minimum Gasteiger partial charge on any atom is -0.496 e. The molecule has 0 saturated carbocycles. The van der Waals surface area contributed by atoms with Gasteiger partial charge in [0.25, 0.3) is 0 Å². The van der Waals surface area contributed by atoms with E-state index in [1.165, 1.54) is 17.1 Å². The molecule has 0 bridgehead atoms. The van der Waals surface area contributed by atoms with Crippen LogP contribution in [0.15, 0.2) is 24.3 Å². The summed E-state index contributed by atoms with van der Waals surface area (Å²) in [4.78, 5) is 2.45. The lowest BCUT2D eigenvalue weighted by Crippen LogP contribution is -2.47. The molecule has 112 valence electrons. The summed E-state index contributed by atoms with van der Waals surface area (Å²) in [6.07, 6.45) is 1.03. The minimum atomic E-state index is 0.514. The predicted molar refractivity (Wildman–Crippen MR) is 87.9 cm³/mol. The van der Waals surface area contributed by atoms with Crippen molar-refractivity contribution < 1.29 is 4.74 Å². The molecule has 1 aliphatic rings. The molecule has 0 radical (unpaired) electrons. The van der Waals surface area contributed by atoms with Gasteiger partial charge in [-0.15, -0.1) is 0 Å². The van der Waals surface area contributed by atoms with Crippen molar-refractivity contribution in [3.05, 3.63) is 29.8 Å². The molecule has 0 amide bonds. The van der Waals surface area contributed by atoms with Crippen molar-refractivity contribution >= 4 is 11.8 Å². The van der Waals surface area contributed by atoms with E-state index < -0.39 is 0 Å². The van der Waals surface area contributed by atoms with Gasteiger partial charge in [-0.2, -0.15) is 11.8 Å². The monoisotopic (exact) mass is 294 g/mol. The fraction of sp³-hybridized carbons (Fsp3) is 0.625. The topological polar surface area (TPSA) is 24.5 Å². The Morgan fingerprint density at radius 3 is 2.95 bits per heavy atom. The first kappa shape index (κ1) is 15.7. The van der Waals surface area contributed by atoms with Gasteiger partial charge >= 0.3 is 0 Å². The molecule has 2 atom stereocenters. The average molecular weight is 294 g/mol. The Balaban J connectivity index is 1.88. The number of rotatable bonds is 6. The number of hydrogen-bond acceptors (Lipinski definition) is 4. The van der Waals surface area contributed by atoms with E-state index in [1.54, 1.807) is 7.11 Å². The number of ether oxygens (including phenoxy) is 1. The third kappa shape index (κ3) is 4.40. The molecular formula is C16H26N2OS. The zero-order valence-electron chi connectivity index (χ0n) is 12.8. The molecule has 20 heavy (non-hydrogen) atoms. The first-order valence-electron chi connectivity index (χ1n) is 7.34. The Bertz CT molecular complexity index is 407. The number of likely N-dealkylation sites (N-methyl/N-ethyl adjacent to an activating group) is 1. The number of benzene rings is 1. The summed E-state index contributed by atoms with van der Waals surface area (Å²) < 4.78 is 5.44. The van der Waals surface area contributed by atoms with Gasteiger partial charge in [0, 0.05) is 36.7 Å². The lowest BCUT2D eigenvalue weighted by molar-refractivity contribution is 0.232. The smallest absolute Gasteiger partial charge is 0.122 e. The second-order valence-corrected chi connectivity index (χ2v) is 6.68. The zero-order chi connectivity index (χ0) is 14.4. The zero-order valence-corrected chi connectivity index (χ0v) is 13.6. The van der Waals surface area contributed by atoms with Crippen molar-refractivity contribution in [1.29, 1.82) is 0 Å². The Morgan fingerprint density at radius 2 is 2.25 bits per heavy atom. The summed E-state index contributed by atoms with van der Waals surface area (Å²) in [5.41, 5.74) is 1.29. The van der Waals surface area contributed by atoms with Gasteiger partial charge in [-0.1, -0.05) is 18.2 Å². The molecule has 1 N–H and O–H groups in total.